The Labute approximate surface area is 114 Å². The smallest absolute Gasteiger partial charge is 0.142 e. The highest BCUT2D eigenvalue weighted by molar-refractivity contribution is 5.67. The molecule has 0 heterocycles. The van der Waals surface area contributed by atoms with Crippen LogP contribution in [0.1, 0.15) is 19.4 Å². The third-order valence-corrected chi connectivity index (χ3v) is 2.76. The summed E-state index contributed by atoms with van der Waals surface area (Å²) in [5.41, 5.74) is 3.55. The van der Waals surface area contributed by atoms with Crippen molar-refractivity contribution in [3.8, 4) is 11.1 Å². The second kappa shape index (κ2) is 6.74. The summed E-state index contributed by atoms with van der Waals surface area (Å²) >= 11 is 0. The van der Waals surface area contributed by atoms with Crippen molar-refractivity contribution in [1.29, 1.82) is 0 Å². The summed E-state index contributed by atoms with van der Waals surface area (Å²) in [6.45, 7) is 4.64. The Morgan fingerprint density at radius 1 is 1.00 bits per heavy atom. The van der Waals surface area contributed by atoms with Gasteiger partial charge in [0.05, 0.1) is 0 Å². The van der Waals surface area contributed by atoms with Crippen LogP contribution in [0.4, 0.5) is 0 Å². The SMILES string of the molecule is CC(C)C=NOCc1ccccc1-c1ccccc1. The molecule has 2 heteroatoms. The number of oxime groups is 1. The van der Waals surface area contributed by atoms with Crippen molar-refractivity contribution in [1.82, 2.24) is 0 Å². The Balaban J connectivity index is 2.13. The molecule has 98 valence electrons. The highest BCUT2D eigenvalue weighted by Crippen LogP contribution is 2.23. The van der Waals surface area contributed by atoms with Crippen LogP contribution in [0, 0.1) is 5.92 Å². The Bertz CT molecular complexity index is 532. The van der Waals surface area contributed by atoms with Crippen LogP contribution >= 0.6 is 0 Å². The summed E-state index contributed by atoms with van der Waals surface area (Å²) < 4.78 is 0. The predicted octanol–water partition coefficient (Wildman–Crippen LogP) is 4.51. The van der Waals surface area contributed by atoms with Crippen molar-refractivity contribution < 1.29 is 4.84 Å². The molecule has 0 N–H and O–H groups in total. The van der Waals surface area contributed by atoms with Crippen molar-refractivity contribution in [2.24, 2.45) is 11.1 Å². The Morgan fingerprint density at radius 2 is 1.68 bits per heavy atom. The lowest BCUT2D eigenvalue weighted by atomic mass is 10.0. The van der Waals surface area contributed by atoms with E-state index in [0.717, 1.165) is 5.56 Å². The first kappa shape index (κ1) is 13.3. The summed E-state index contributed by atoms with van der Waals surface area (Å²) in [7, 11) is 0. The molecule has 0 aliphatic heterocycles. The van der Waals surface area contributed by atoms with Crippen LogP contribution in [0.15, 0.2) is 59.8 Å². The first-order valence-electron chi connectivity index (χ1n) is 6.56. The minimum Gasteiger partial charge on any atom is -0.391 e. The molecule has 0 aliphatic rings. The number of nitrogens with zero attached hydrogens (tertiary/aromatic N) is 1. The van der Waals surface area contributed by atoms with Crippen molar-refractivity contribution >= 4 is 6.21 Å². The Kier molecular flexibility index (Phi) is 4.73. The fraction of sp³-hybridized carbons (Fsp3) is 0.235. The minimum atomic E-state index is 0.407. The fourth-order valence-electron chi connectivity index (χ4n) is 1.82. The molecule has 2 rings (SSSR count). The quantitative estimate of drug-likeness (QED) is 0.567. The maximum Gasteiger partial charge on any atom is 0.142 e. The monoisotopic (exact) mass is 253 g/mol. The Morgan fingerprint density at radius 3 is 2.42 bits per heavy atom. The molecule has 19 heavy (non-hydrogen) atoms. The molecule has 0 atom stereocenters. The van der Waals surface area contributed by atoms with Gasteiger partial charge in [-0.3, -0.25) is 0 Å². The molecule has 0 radical (unpaired) electrons. The first-order chi connectivity index (χ1) is 9.27. The van der Waals surface area contributed by atoms with Gasteiger partial charge in [-0.1, -0.05) is 73.6 Å². The molecule has 2 nitrogen and oxygen atoms in total. The van der Waals surface area contributed by atoms with Gasteiger partial charge in [0.15, 0.2) is 0 Å². The van der Waals surface area contributed by atoms with Crippen molar-refractivity contribution in [3.63, 3.8) is 0 Å². The number of rotatable bonds is 5. The zero-order valence-corrected chi connectivity index (χ0v) is 11.4. The minimum absolute atomic E-state index is 0.407. The van der Waals surface area contributed by atoms with Gasteiger partial charge in [-0.25, -0.2) is 0 Å². The molecule has 0 saturated carbocycles. The summed E-state index contributed by atoms with van der Waals surface area (Å²) in [6, 6.07) is 18.6. The van der Waals surface area contributed by atoms with Crippen LogP contribution in [0.25, 0.3) is 11.1 Å². The molecule has 0 fully saturated rings. The molecular formula is C17H19NO. The first-order valence-corrected chi connectivity index (χ1v) is 6.56. The van der Waals surface area contributed by atoms with Gasteiger partial charge in [-0.15, -0.1) is 0 Å². The van der Waals surface area contributed by atoms with Crippen LogP contribution in [0.5, 0.6) is 0 Å². The van der Waals surface area contributed by atoms with E-state index in [0.29, 0.717) is 12.5 Å². The fourth-order valence-corrected chi connectivity index (χ4v) is 1.82. The summed E-state index contributed by atoms with van der Waals surface area (Å²) in [5.74, 6) is 0.407. The van der Waals surface area contributed by atoms with Crippen LogP contribution in [-0.4, -0.2) is 6.21 Å². The predicted molar refractivity (Wildman–Crippen MR) is 80.0 cm³/mol. The standard InChI is InChI=1S/C17H19NO/c1-14(2)12-18-19-13-16-10-6-7-11-17(16)15-8-4-3-5-9-15/h3-12,14H,13H2,1-2H3. The van der Waals surface area contributed by atoms with E-state index < -0.39 is 0 Å². The molecule has 0 aliphatic carbocycles. The highest BCUT2D eigenvalue weighted by Gasteiger charge is 2.04. The summed E-state index contributed by atoms with van der Waals surface area (Å²) in [6.07, 6.45) is 1.81. The van der Waals surface area contributed by atoms with Gasteiger partial charge in [0, 0.05) is 6.21 Å². The molecular weight excluding hydrogens is 234 g/mol. The summed E-state index contributed by atoms with van der Waals surface area (Å²) in [5, 5.41) is 3.98. The normalized spacial score (nSPS) is 11.1. The maximum atomic E-state index is 5.36. The van der Waals surface area contributed by atoms with Gasteiger partial charge in [0.2, 0.25) is 0 Å². The second-order valence-electron chi connectivity index (χ2n) is 4.80. The third kappa shape index (κ3) is 3.95. The van der Waals surface area contributed by atoms with E-state index in [1.807, 2.05) is 36.5 Å². The van der Waals surface area contributed by atoms with Crippen LogP contribution in [-0.2, 0) is 11.4 Å². The maximum absolute atomic E-state index is 5.36. The van der Waals surface area contributed by atoms with Gasteiger partial charge in [0.1, 0.15) is 6.61 Å². The topological polar surface area (TPSA) is 21.6 Å². The molecule has 0 unspecified atom stereocenters. The van der Waals surface area contributed by atoms with E-state index in [1.165, 1.54) is 11.1 Å². The lowest BCUT2D eigenvalue weighted by Gasteiger charge is -2.08. The summed E-state index contributed by atoms with van der Waals surface area (Å²) in [4.78, 5) is 5.36. The van der Waals surface area contributed by atoms with E-state index in [9.17, 15) is 0 Å². The van der Waals surface area contributed by atoms with Crippen LogP contribution < -0.4 is 0 Å². The zero-order chi connectivity index (χ0) is 13.5. The van der Waals surface area contributed by atoms with E-state index in [4.69, 9.17) is 4.84 Å². The average molecular weight is 253 g/mol. The number of hydrogen-bond acceptors (Lipinski definition) is 2. The van der Waals surface area contributed by atoms with Crippen molar-refractivity contribution in [2.45, 2.75) is 20.5 Å². The Hall–Kier alpha value is -2.09. The molecule has 0 spiro atoms. The van der Waals surface area contributed by atoms with Gasteiger partial charge in [0.25, 0.3) is 0 Å². The molecule has 0 amide bonds. The van der Waals surface area contributed by atoms with E-state index in [1.54, 1.807) is 0 Å². The van der Waals surface area contributed by atoms with Crippen LogP contribution in [0.3, 0.4) is 0 Å². The molecule has 0 aromatic heterocycles. The molecule has 0 saturated heterocycles. The van der Waals surface area contributed by atoms with Crippen molar-refractivity contribution in [2.75, 3.05) is 0 Å². The van der Waals surface area contributed by atoms with Gasteiger partial charge >= 0.3 is 0 Å². The van der Waals surface area contributed by atoms with E-state index in [2.05, 4.69) is 43.3 Å². The van der Waals surface area contributed by atoms with Gasteiger partial charge in [-0.2, -0.15) is 0 Å². The molecule has 2 aromatic rings. The van der Waals surface area contributed by atoms with Crippen LogP contribution in [0.2, 0.25) is 0 Å². The third-order valence-electron chi connectivity index (χ3n) is 2.76. The largest absolute Gasteiger partial charge is 0.391 e. The van der Waals surface area contributed by atoms with Gasteiger partial charge in [-0.05, 0) is 22.6 Å². The van der Waals surface area contributed by atoms with Crippen molar-refractivity contribution in [3.05, 3.63) is 60.2 Å². The number of hydrogen-bond donors (Lipinski definition) is 0. The highest BCUT2D eigenvalue weighted by atomic mass is 16.6. The second-order valence-corrected chi connectivity index (χ2v) is 4.80. The van der Waals surface area contributed by atoms with Gasteiger partial charge < -0.3 is 4.84 Å². The lowest BCUT2D eigenvalue weighted by Crippen LogP contribution is -1.93. The van der Waals surface area contributed by atoms with E-state index in [-0.39, 0.29) is 0 Å². The average Bonchev–Trinajstić information content (AvgIpc) is 2.45. The molecule has 0 bridgehead atoms. The zero-order valence-electron chi connectivity index (χ0n) is 11.4. The molecule has 2 aromatic carbocycles. The van der Waals surface area contributed by atoms with E-state index >= 15 is 0 Å². The lowest BCUT2D eigenvalue weighted by molar-refractivity contribution is 0.131. The number of benzene rings is 2.